The monoisotopic (exact) mass is 1110 g/mol. The van der Waals surface area contributed by atoms with Crippen LogP contribution < -0.4 is 10.6 Å². The van der Waals surface area contributed by atoms with Gasteiger partial charge in [0, 0.05) is 45.0 Å². The lowest BCUT2D eigenvalue weighted by Gasteiger charge is -2.43. The third kappa shape index (κ3) is 21.9. The summed E-state index contributed by atoms with van der Waals surface area (Å²) in [7, 11) is 1.88. The zero-order valence-corrected chi connectivity index (χ0v) is 52.2. The maximum Gasteiger partial charge on any atom is 0.408 e. The second kappa shape index (κ2) is 31.9. The largest absolute Gasteiger partial charge is 0.460 e. The molecule has 11 atom stereocenters. The maximum atomic E-state index is 14.2. The number of nitrogens with zero attached hydrogens (tertiary/aromatic N) is 3. The van der Waals surface area contributed by atoms with Crippen molar-refractivity contribution in [2.75, 3.05) is 34.3 Å². The quantitative estimate of drug-likeness (QED) is 0.0242. The molecule has 2 N–H and O–H groups in total. The van der Waals surface area contributed by atoms with E-state index in [2.05, 4.69) is 51.1 Å². The van der Waals surface area contributed by atoms with Crippen molar-refractivity contribution in [2.45, 2.75) is 209 Å². The van der Waals surface area contributed by atoms with Crippen molar-refractivity contribution in [3.63, 3.8) is 0 Å². The van der Waals surface area contributed by atoms with Crippen molar-refractivity contribution < 1.29 is 61.7 Å². The summed E-state index contributed by atoms with van der Waals surface area (Å²) in [6.45, 7) is 36.9. The van der Waals surface area contributed by atoms with Crippen molar-refractivity contribution in [2.24, 2.45) is 23.7 Å². The molecule has 1 rings (SSSR count). The fourth-order valence-electron chi connectivity index (χ4n) is 8.02. The zero-order chi connectivity index (χ0) is 60.2. The molecule has 0 bridgehead atoms. The number of nitrogens with one attached hydrogen (secondary N) is 2. The summed E-state index contributed by atoms with van der Waals surface area (Å²) in [6, 6.07) is 4.88. The predicted molar refractivity (Wildman–Crippen MR) is 306 cm³/mol. The number of alkyl carbamates (subject to hydrolysis) is 1. The number of carbonyl (C=O) groups is 8. The van der Waals surface area contributed by atoms with Crippen molar-refractivity contribution in [3.05, 3.63) is 60.2 Å². The topological polar surface area (TPSA) is 216 Å². The number of esters is 3. The Kier molecular flexibility index (Phi) is 28.8. The highest BCUT2D eigenvalue weighted by atomic mass is 28.4. The van der Waals surface area contributed by atoms with Gasteiger partial charge in [0.2, 0.25) is 17.7 Å². The lowest BCUT2D eigenvalue weighted by molar-refractivity contribution is -0.165. The number of likely N-dealkylation sites (N-methyl/N-ethyl adjacent to an activating group) is 3. The van der Waals surface area contributed by atoms with E-state index >= 15 is 0 Å². The van der Waals surface area contributed by atoms with Gasteiger partial charge in [-0.3, -0.25) is 24.0 Å². The molecule has 18 nitrogen and oxygen atoms in total. The molecular weight excluding hydrogens is 1010 g/mol. The molecule has 0 aliphatic rings. The first kappa shape index (κ1) is 70.5. The van der Waals surface area contributed by atoms with Gasteiger partial charge in [-0.25, -0.2) is 14.4 Å². The van der Waals surface area contributed by atoms with Gasteiger partial charge in [0.15, 0.2) is 14.4 Å². The Morgan fingerprint density at radius 3 is 1.82 bits per heavy atom. The van der Waals surface area contributed by atoms with Gasteiger partial charge in [0.1, 0.15) is 49.0 Å². The van der Waals surface area contributed by atoms with Crippen LogP contribution in [0.1, 0.15) is 142 Å². The third-order valence-electron chi connectivity index (χ3n) is 15.1. The summed E-state index contributed by atoms with van der Waals surface area (Å²) < 4.78 is 30.0. The molecule has 0 aliphatic carbocycles. The van der Waals surface area contributed by atoms with E-state index in [1.165, 1.54) is 48.8 Å². The van der Waals surface area contributed by atoms with Gasteiger partial charge >= 0.3 is 24.0 Å². The van der Waals surface area contributed by atoms with E-state index in [4.69, 9.17) is 23.4 Å². The van der Waals surface area contributed by atoms with Gasteiger partial charge in [0.05, 0.1) is 6.10 Å². The van der Waals surface area contributed by atoms with Crippen LogP contribution in [0.5, 0.6) is 0 Å². The highest BCUT2D eigenvalue weighted by Crippen LogP contribution is 2.40. The minimum Gasteiger partial charge on any atom is -0.460 e. The number of benzene rings is 1. The molecule has 0 saturated carbocycles. The van der Waals surface area contributed by atoms with Crippen molar-refractivity contribution in [1.82, 2.24) is 25.3 Å². The molecule has 19 heteroatoms. The highest BCUT2D eigenvalue weighted by molar-refractivity contribution is 6.74. The van der Waals surface area contributed by atoms with E-state index in [0.717, 1.165) is 5.56 Å². The average Bonchev–Trinajstić information content (AvgIpc) is 3.37. The first-order chi connectivity index (χ1) is 36.0. The Bertz CT molecular complexity index is 2190. The Hall–Kier alpha value is -5.56. The number of ether oxygens (including phenoxy) is 4. The Labute approximate surface area is 468 Å². The van der Waals surface area contributed by atoms with Gasteiger partial charge in [0.25, 0.3) is 5.91 Å². The maximum absolute atomic E-state index is 14.2. The van der Waals surface area contributed by atoms with E-state index in [0.29, 0.717) is 19.3 Å². The molecule has 1 aromatic carbocycles. The minimum atomic E-state index is -2.53. The second-order valence-electron chi connectivity index (χ2n) is 23.6. The summed E-state index contributed by atoms with van der Waals surface area (Å²) in [4.78, 5) is 113. The Balaban J connectivity index is 3.52. The van der Waals surface area contributed by atoms with Crippen molar-refractivity contribution >= 4 is 55.9 Å². The van der Waals surface area contributed by atoms with Crippen LogP contribution in [0.3, 0.4) is 0 Å². The Morgan fingerprint density at radius 2 is 1.31 bits per heavy atom. The van der Waals surface area contributed by atoms with Crippen LogP contribution in [0.15, 0.2) is 54.6 Å². The van der Waals surface area contributed by atoms with Crippen molar-refractivity contribution in [3.8, 4) is 0 Å². The van der Waals surface area contributed by atoms with E-state index in [1.54, 1.807) is 47.6 Å². The molecule has 0 saturated heterocycles. The molecule has 0 aromatic heterocycles. The molecule has 78 heavy (non-hydrogen) atoms. The van der Waals surface area contributed by atoms with E-state index in [9.17, 15) is 38.4 Å². The average molecular weight is 1110 g/mol. The molecule has 0 unspecified atom stereocenters. The van der Waals surface area contributed by atoms with Crippen LogP contribution in [0, 0.1) is 23.7 Å². The molecule has 0 spiro atoms. The molecule has 442 valence electrons. The number of rotatable bonds is 30. The van der Waals surface area contributed by atoms with Gasteiger partial charge < -0.3 is 48.7 Å². The van der Waals surface area contributed by atoms with Crippen LogP contribution in [-0.4, -0.2) is 153 Å². The summed E-state index contributed by atoms with van der Waals surface area (Å²) in [5.74, 6) is -5.63. The van der Waals surface area contributed by atoms with Crippen LogP contribution in [0.2, 0.25) is 18.1 Å². The number of hydrogen-bond donors (Lipinski definition) is 2. The first-order valence-electron chi connectivity index (χ1n) is 27.6. The Morgan fingerprint density at radius 1 is 0.744 bits per heavy atom. The van der Waals surface area contributed by atoms with Gasteiger partial charge in [-0.15, -0.1) is 0 Å². The zero-order valence-electron chi connectivity index (χ0n) is 51.2. The van der Waals surface area contributed by atoms with Gasteiger partial charge in [-0.1, -0.05) is 131 Å². The third-order valence-corrected chi connectivity index (χ3v) is 19.6. The standard InChI is InChI=1S/C59H99N5O13Si/c1-23-34-73-47(65)36-62(18)53(68)45(35-44-30-28-27-29-31-44)64(20)52(67)42(10)60-51(66)50(39(7)26-4)75-55(70)40(8)32-33-46(77-78(21,22)59(15,16)17)41(9)49(38(6)25-3)74-56(71)43(11)63(19)54(69)48(37(5)24-2)61-57(72)76-58(12,13)14/h23,27-32,37-39,41-43,45-46,48-50H,1,24-26,33-36H2,2-22H3,(H,60,66)(H,61,72)/b40-32+/t37-,38+,39+,41+,42+,43+,45-,46-,48+,49+,50-/m1/s1. The fraction of sp³-hybridized carbons (Fsp3) is 0.695. The van der Waals surface area contributed by atoms with Crippen molar-refractivity contribution in [1.29, 1.82) is 0 Å². The molecule has 0 radical (unpaired) electrons. The van der Waals surface area contributed by atoms with Gasteiger partial charge in [-0.2, -0.15) is 0 Å². The summed E-state index contributed by atoms with van der Waals surface area (Å²) in [5, 5.41) is 5.22. The van der Waals surface area contributed by atoms with Crippen LogP contribution in [0.25, 0.3) is 0 Å². The van der Waals surface area contributed by atoms with E-state index < -0.39 is 116 Å². The smallest absolute Gasteiger partial charge is 0.408 e. The van der Waals surface area contributed by atoms with Gasteiger partial charge in [-0.05, 0) is 89.9 Å². The van der Waals surface area contributed by atoms with Crippen LogP contribution in [-0.2, 0) is 63.4 Å². The first-order valence-corrected chi connectivity index (χ1v) is 30.6. The SMILES string of the molecule is C=CCOC(=O)CN(C)C(=O)[C@@H](Cc1ccccc1)N(C)C(=O)[C@H](C)NC(=O)[C@H](OC(=O)/C(C)=C/C[C@@H](O[Si](C)(C)C(C)(C)C)[C@H](C)[C@@H](OC(=O)[C@H](C)N(C)C(=O)[C@@H](NC(=O)OC(C)(C)C)[C@H](C)CC)[C@@H](C)CC)[C@@H](C)CC. The summed E-state index contributed by atoms with van der Waals surface area (Å²) >= 11 is 0. The molecule has 0 aliphatic heterocycles. The number of amides is 5. The molecule has 0 heterocycles. The van der Waals surface area contributed by atoms with E-state index in [1.807, 2.05) is 71.9 Å². The van der Waals surface area contributed by atoms with Crippen LogP contribution in [0.4, 0.5) is 4.79 Å². The summed E-state index contributed by atoms with van der Waals surface area (Å²) in [6.07, 6.45) is 1.84. The minimum absolute atomic E-state index is 0.0239. The summed E-state index contributed by atoms with van der Waals surface area (Å²) in [5.41, 5.74) is 0.182. The highest BCUT2D eigenvalue weighted by Gasteiger charge is 2.44. The number of carbonyl (C=O) groups excluding carboxylic acids is 8. The second-order valence-corrected chi connectivity index (χ2v) is 28.3. The molecule has 5 amide bonds. The molecular formula is C59H99N5O13Si. The van der Waals surface area contributed by atoms with E-state index in [-0.39, 0.29) is 48.4 Å². The lowest BCUT2D eigenvalue weighted by Crippen LogP contribution is -2.56. The lowest BCUT2D eigenvalue weighted by atomic mass is 9.86. The fourth-order valence-corrected chi connectivity index (χ4v) is 9.44. The number of hydrogen-bond acceptors (Lipinski definition) is 13. The van der Waals surface area contributed by atoms with Crippen LogP contribution >= 0.6 is 0 Å². The molecule has 1 aromatic rings. The molecule has 0 fully saturated rings. The normalized spacial score (nSPS) is 16.4. The predicted octanol–water partition coefficient (Wildman–Crippen LogP) is 8.81.